The van der Waals surface area contributed by atoms with Crippen LogP contribution in [0.4, 0.5) is 10.1 Å². The second-order valence-electron chi connectivity index (χ2n) is 4.90. The lowest BCUT2D eigenvalue weighted by Gasteiger charge is -2.06. The fourth-order valence-corrected chi connectivity index (χ4v) is 2.25. The van der Waals surface area contributed by atoms with E-state index < -0.39 is 0 Å². The standard InChI is InChI=1S/C19H14FNO/c20-16-11-8-14(9-12-16)10-13-19(22)21-18-7-3-5-15-4-1-2-6-17(15)18/h1-13H,(H,21,22)/b13-10-. The lowest BCUT2D eigenvalue weighted by atomic mass is 10.1. The minimum Gasteiger partial charge on any atom is -0.322 e. The van der Waals surface area contributed by atoms with Crippen LogP contribution in [0.5, 0.6) is 0 Å². The van der Waals surface area contributed by atoms with Crippen molar-refractivity contribution in [3.63, 3.8) is 0 Å². The molecule has 3 rings (SSSR count). The van der Waals surface area contributed by atoms with E-state index in [1.807, 2.05) is 42.5 Å². The lowest BCUT2D eigenvalue weighted by Crippen LogP contribution is -2.07. The highest BCUT2D eigenvalue weighted by molar-refractivity contribution is 6.07. The summed E-state index contributed by atoms with van der Waals surface area (Å²) in [5.41, 5.74) is 1.54. The molecule has 22 heavy (non-hydrogen) atoms. The number of fused-ring (bicyclic) bond motifs is 1. The topological polar surface area (TPSA) is 29.1 Å². The number of rotatable bonds is 3. The van der Waals surface area contributed by atoms with Crippen molar-refractivity contribution in [1.82, 2.24) is 0 Å². The predicted molar refractivity (Wildman–Crippen MR) is 88.0 cm³/mol. The molecule has 0 saturated heterocycles. The van der Waals surface area contributed by atoms with Crippen LogP contribution < -0.4 is 5.32 Å². The zero-order valence-electron chi connectivity index (χ0n) is 11.8. The summed E-state index contributed by atoms with van der Waals surface area (Å²) in [5.74, 6) is -0.516. The fraction of sp³-hybridized carbons (Fsp3) is 0. The Morgan fingerprint density at radius 2 is 1.64 bits per heavy atom. The highest BCUT2D eigenvalue weighted by Gasteiger charge is 2.02. The summed E-state index contributed by atoms with van der Waals surface area (Å²) in [6.45, 7) is 0. The van der Waals surface area contributed by atoms with Crippen LogP contribution in [-0.4, -0.2) is 5.91 Å². The summed E-state index contributed by atoms with van der Waals surface area (Å²) in [7, 11) is 0. The first kappa shape index (κ1) is 14.0. The van der Waals surface area contributed by atoms with Crippen LogP contribution in [0.1, 0.15) is 5.56 Å². The minimum atomic E-state index is -0.294. The molecule has 0 aliphatic heterocycles. The Morgan fingerprint density at radius 1 is 0.909 bits per heavy atom. The van der Waals surface area contributed by atoms with Crippen molar-refractivity contribution in [2.75, 3.05) is 5.32 Å². The van der Waals surface area contributed by atoms with Crippen LogP contribution in [0.15, 0.2) is 72.8 Å². The molecule has 0 aromatic heterocycles. The molecule has 0 aliphatic carbocycles. The average Bonchev–Trinajstić information content (AvgIpc) is 2.55. The molecule has 3 heteroatoms. The Bertz CT molecular complexity index is 832. The van der Waals surface area contributed by atoms with E-state index in [1.54, 1.807) is 18.2 Å². The van der Waals surface area contributed by atoms with E-state index in [2.05, 4.69) is 5.32 Å². The van der Waals surface area contributed by atoms with Crippen molar-refractivity contribution >= 4 is 28.4 Å². The Hall–Kier alpha value is -2.94. The van der Waals surface area contributed by atoms with Gasteiger partial charge in [-0.15, -0.1) is 0 Å². The maximum absolute atomic E-state index is 12.8. The molecule has 0 atom stereocenters. The fourth-order valence-electron chi connectivity index (χ4n) is 2.25. The predicted octanol–water partition coefficient (Wildman–Crippen LogP) is 4.63. The summed E-state index contributed by atoms with van der Waals surface area (Å²) >= 11 is 0. The second kappa shape index (κ2) is 6.22. The van der Waals surface area contributed by atoms with E-state index in [1.165, 1.54) is 18.2 Å². The molecule has 0 fully saturated rings. The molecular formula is C19H14FNO. The molecule has 1 N–H and O–H groups in total. The Labute approximate surface area is 127 Å². The van der Waals surface area contributed by atoms with Gasteiger partial charge in [0.2, 0.25) is 5.91 Å². The van der Waals surface area contributed by atoms with Gasteiger partial charge in [-0.3, -0.25) is 4.79 Å². The first-order valence-corrected chi connectivity index (χ1v) is 6.95. The molecule has 2 nitrogen and oxygen atoms in total. The normalized spacial score (nSPS) is 11.0. The number of hydrogen-bond donors (Lipinski definition) is 1. The minimum absolute atomic E-state index is 0.222. The van der Waals surface area contributed by atoms with E-state index in [4.69, 9.17) is 0 Å². The molecule has 0 aliphatic rings. The quantitative estimate of drug-likeness (QED) is 0.700. The molecule has 3 aromatic rings. The zero-order chi connectivity index (χ0) is 15.4. The summed E-state index contributed by atoms with van der Waals surface area (Å²) in [6.07, 6.45) is 3.09. The van der Waals surface area contributed by atoms with Gasteiger partial charge in [0.25, 0.3) is 0 Å². The molecular weight excluding hydrogens is 277 g/mol. The second-order valence-corrected chi connectivity index (χ2v) is 4.90. The van der Waals surface area contributed by atoms with E-state index in [0.717, 1.165) is 22.0 Å². The van der Waals surface area contributed by atoms with Gasteiger partial charge in [-0.25, -0.2) is 4.39 Å². The van der Waals surface area contributed by atoms with Crippen molar-refractivity contribution in [1.29, 1.82) is 0 Å². The largest absolute Gasteiger partial charge is 0.322 e. The molecule has 0 spiro atoms. The summed E-state index contributed by atoms with van der Waals surface area (Å²) in [5, 5.41) is 4.93. The third kappa shape index (κ3) is 3.20. The Kier molecular flexibility index (Phi) is 3.97. The third-order valence-electron chi connectivity index (χ3n) is 3.34. The maximum atomic E-state index is 12.8. The Morgan fingerprint density at radius 3 is 2.45 bits per heavy atom. The molecule has 0 heterocycles. The van der Waals surface area contributed by atoms with Gasteiger partial charge >= 0.3 is 0 Å². The van der Waals surface area contributed by atoms with Gasteiger partial charge in [-0.2, -0.15) is 0 Å². The van der Waals surface area contributed by atoms with E-state index in [0.29, 0.717) is 0 Å². The first-order valence-electron chi connectivity index (χ1n) is 6.95. The molecule has 0 saturated carbocycles. The van der Waals surface area contributed by atoms with Crippen molar-refractivity contribution in [2.24, 2.45) is 0 Å². The molecule has 1 amide bonds. The van der Waals surface area contributed by atoms with Gasteiger partial charge in [0.1, 0.15) is 5.82 Å². The van der Waals surface area contributed by atoms with E-state index >= 15 is 0 Å². The summed E-state index contributed by atoms with van der Waals surface area (Å²) in [6, 6.07) is 19.6. The molecule has 3 aromatic carbocycles. The van der Waals surface area contributed by atoms with Crippen LogP contribution >= 0.6 is 0 Å². The number of benzene rings is 3. The van der Waals surface area contributed by atoms with E-state index in [-0.39, 0.29) is 11.7 Å². The number of halogens is 1. The van der Waals surface area contributed by atoms with Gasteiger partial charge in [0.15, 0.2) is 0 Å². The number of carbonyl (C=O) groups excluding carboxylic acids is 1. The van der Waals surface area contributed by atoms with Crippen molar-refractivity contribution in [3.8, 4) is 0 Å². The van der Waals surface area contributed by atoms with Crippen molar-refractivity contribution < 1.29 is 9.18 Å². The Balaban J connectivity index is 1.77. The maximum Gasteiger partial charge on any atom is 0.248 e. The van der Waals surface area contributed by atoms with Crippen LogP contribution in [0.25, 0.3) is 16.8 Å². The summed E-state index contributed by atoms with van der Waals surface area (Å²) in [4.78, 5) is 12.0. The highest BCUT2D eigenvalue weighted by atomic mass is 19.1. The van der Waals surface area contributed by atoms with Crippen molar-refractivity contribution in [2.45, 2.75) is 0 Å². The highest BCUT2D eigenvalue weighted by Crippen LogP contribution is 2.22. The van der Waals surface area contributed by atoms with Gasteiger partial charge in [0.05, 0.1) is 0 Å². The molecule has 0 radical (unpaired) electrons. The molecule has 0 unspecified atom stereocenters. The third-order valence-corrected chi connectivity index (χ3v) is 3.34. The SMILES string of the molecule is O=C(/C=C\c1ccc(F)cc1)Nc1cccc2ccccc12. The molecule has 108 valence electrons. The van der Waals surface area contributed by atoms with Gasteiger partial charge in [-0.05, 0) is 35.2 Å². The lowest BCUT2D eigenvalue weighted by molar-refractivity contribution is -0.111. The van der Waals surface area contributed by atoms with Gasteiger partial charge in [-0.1, -0.05) is 48.5 Å². The first-order chi connectivity index (χ1) is 10.7. The number of carbonyl (C=O) groups is 1. The van der Waals surface area contributed by atoms with Crippen LogP contribution in [0.2, 0.25) is 0 Å². The van der Waals surface area contributed by atoms with Crippen LogP contribution in [0, 0.1) is 5.82 Å². The molecule has 0 bridgehead atoms. The smallest absolute Gasteiger partial charge is 0.248 e. The zero-order valence-corrected chi connectivity index (χ0v) is 11.8. The number of hydrogen-bond acceptors (Lipinski definition) is 1. The van der Waals surface area contributed by atoms with E-state index in [9.17, 15) is 9.18 Å². The van der Waals surface area contributed by atoms with Crippen molar-refractivity contribution in [3.05, 3.63) is 84.2 Å². The van der Waals surface area contributed by atoms with Crippen LogP contribution in [-0.2, 0) is 4.79 Å². The monoisotopic (exact) mass is 291 g/mol. The van der Waals surface area contributed by atoms with Gasteiger partial charge in [0, 0.05) is 17.1 Å². The summed E-state index contributed by atoms with van der Waals surface area (Å²) < 4.78 is 12.8. The number of nitrogens with one attached hydrogen (secondary N) is 1. The van der Waals surface area contributed by atoms with Crippen LogP contribution in [0.3, 0.4) is 0 Å². The average molecular weight is 291 g/mol. The number of anilines is 1. The van der Waals surface area contributed by atoms with Gasteiger partial charge < -0.3 is 5.32 Å². The number of amides is 1.